The second-order valence-corrected chi connectivity index (χ2v) is 7.33. The average molecular weight is 312 g/mol. The van der Waals surface area contributed by atoms with Crippen LogP contribution in [0.2, 0.25) is 0 Å². The second kappa shape index (κ2) is 7.56. The number of amides is 1. The highest BCUT2D eigenvalue weighted by Crippen LogP contribution is 2.22. The first-order chi connectivity index (χ1) is 9.77. The molecule has 0 bridgehead atoms. The summed E-state index contributed by atoms with van der Waals surface area (Å²) < 4.78 is 24.7. The Labute approximate surface area is 127 Å². The van der Waals surface area contributed by atoms with Crippen molar-refractivity contribution in [1.29, 1.82) is 0 Å². The summed E-state index contributed by atoms with van der Waals surface area (Å²) >= 11 is 0. The van der Waals surface area contributed by atoms with E-state index in [0.29, 0.717) is 5.56 Å². The van der Waals surface area contributed by atoms with Gasteiger partial charge in [0.1, 0.15) is 6.04 Å². The van der Waals surface area contributed by atoms with E-state index in [0.717, 1.165) is 23.4 Å². The molecule has 1 aromatic rings. The summed E-state index contributed by atoms with van der Waals surface area (Å²) in [6.45, 7) is 3.96. The number of nitrogens with one attached hydrogen (secondary N) is 1. The van der Waals surface area contributed by atoms with Crippen molar-refractivity contribution in [2.45, 2.75) is 38.8 Å². The molecule has 0 fully saturated rings. The summed E-state index contributed by atoms with van der Waals surface area (Å²) in [6.07, 6.45) is 2.92. The van der Waals surface area contributed by atoms with Crippen molar-refractivity contribution in [3.05, 3.63) is 35.9 Å². The van der Waals surface area contributed by atoms with Gasteiger partial charge in [-0.3, -0.25) is 4.79 Å². The van der Waals surface area contributed by atoms with E-state index in [1.54, 1.807) is 24.3 Å². The fourth-order valence-corrected chi connectivity index (χ4v) is 2.78. The van der Waals surface area contributed by atoms with E-state index < -0.39 is 16.1 Å². The molecule has 1 amide bonds. The number of likely N-dealkylation sites (N-methyl/N-ethyl adjacent to an activating group) is 1. The molecular weight excluding hydrogens is 288 g/mol. The zero-order valence-electron chi connectivity index (χ0n) is 13.0. The number of rotatable bonds is 7. The normalized spacial score (nSPS) is 14.7. The zero-order valence-corrected chi connectivity index (χ0v) is 13.9. The Morgan fingerprint density at radius 3 is 2.33 bits per heavy atom. The standard InChI is InChI=1S/C15H24N2O3S/c1-5-9-12(2)16-15(18)14(17(3)21(4,19)20)13-10-7-6-8-11-13/h6-8,10-12,14H,5,9H2,1-4H3,(H,16,18)/t12-,14+/m0/s1. The Kier molecular flexibility index (Phi) is 6.36. The van der Waals surface area contributed by atoms with Crippen LogP contribution in [0.15, 0.2) is 30.3 Å². The molecule has 2 atom stereocenters. The molecule has 0 aromatic heterocycles. The van der Waals surface area contributed by atoms with Crippen LogP contribution in [0.25, 0.3) is 0 Å². The van der Waals surface area contributed by atoms with Gasteiger partial charge in [-0.1, -0.05) is 43.7 Å². The van der Waals surface area contributed by atoms with Gasteiger partial charge in [0.2, 0.25) is 15.9 Å². The number of carbonyl (C=O) groups excluding carboxylic acids is 1. The summed E-state index contributed by atoms with van der Waals surface area (Å²) in [7, 11) is -2.04. The van der Waals surface area contributed by atoms with Crippen molar-refractivity contribution < 1.29 is 13.2 Å². The molecular formula is C15H24N2O3S. The molecule has 0 radical (unpaired) electrons. The predicted molar refractivity (Wildman–Crippen MR) is 84.3 cm³/mol. The molecule has 6 heteroatoms. The Morgan fingerprint density at radius 2 is 1.86 bits per heavy atom. The molecule has 1 aromatic carbocycles. The van der Waals surface area contributed by atoms with Crippen molar-refractivity contribution in [3.63, 3.8) is 0 Å². The van der Waals surface area contributed by atoms with Crippen LogP contribution in [0, 0.1) is 0 Å². The molecule has 0 aliphatic carbocycles. The molecule has 21 heavy (non-hydrogen) atoms. The first-order valence-electron chi connectivity index (χ1n) is 7.05. The van der Waals surface area contributed by atoms with Gasteiger partial charge in [-0.05, 0) is 18.9 Å². The highest BCUT2D eigenvalue weighted by atomic mass is 32.2. The Hall–Kier alpha value is -1.40. The van der Waals surface area contributed by atoms with Crippen LogP contribution in [0.3, 0.4) is 0 Å². The maximum absolute atomic E-state index is 12.5. The van der Waals surface area contributed by atoms with Crippen molar-refractivity contribution >= 4 is 15.9 Å². The van der Waals surface area contributed by atoms with Crippen LogP contribution in [-0.2, 0) is 14.8 Å². The number of carbonyl (C=O) groups is 1. The number of sulfonamides is 1. The van der Waals surface area contributed by atoms with E-state index in [1.807, 2.05) is 19.9 Å². The highest BCUT2D eigenvalue weighted by molar-refractivity contribution is 7.88. The fraction of sp³-hybridized carbons (Fsp3) is 0.533. The second-order valence-electron chi connectivity index (χ2n) is 5.29. The third-order valence-electron chi connectivity index (χ3n) is 3.36. The van der Waals surface area contributed by atoms with E-state index in [-0.39, 0.29) is 11.9 Å². The van der Waals surface area contributed by atoms with Gasteiger partial charge >= 0.3 is 0 Å². The minimum Gasteiger partial charge on any atom is -0.352 e. The van der Waals surface area contributed by atoms with E-state index >= 15 is 0 Å². The average Bonchev–Trinajstić information content (AvgIpc) is 2.39. The van der Waals surface area contributed by atoms with Gasteiger partial charge in [-0.15, -0.1) is 0 Å². The number of benzene rings is 1. The monoisotopic (exact) mass is 312 g/mol. The lowest BCUT2D eigenvalue weighted by Gasteiger charge is -2.27. The van der Waals surface area contributed by atoms with Gasteiger partial charge in [0.25, 0.3) is 0 Å². The predicted octanol–water partition coefficient (Wildman–Crippen LogP) is 1.92. The molecule has 0 spiro atoms. The van der Waals surface area contributed by atoms with Gasteiger partial charge in [0.15, 0.2) is 0 Å². The minimum atomic E-state index is -3.47. The lowest BCUT2D eigenvalue weighted by atomic mass is 10.1. The summed E-state index contributed by atoms with van der Waals surface area (Å²) in [5.41, 5.74) is 0.659. The van der Waals surface area contributed by atoms with Gasteiger partial charge in [0, 0.05) is 13.1 Å². The first-order valence-corrected chi connectivity index (χ1v) is 8.90. The zero-order chi connectivity index (χ0) is 16.0. The maximum Gasteiger partial charge on any atom is 0.243 e. The maximum atomic E-state index is 12.5. The summed E-state index contributed by atoms with van der Waals surface area (Å²) in [5, 5.41) is 2.89. The smallest absolute Gasteiger partial charge is 0.243 e. The topological polar surface area (TPSA) is 66.5 Å². The van der Waals surface area contributed by atoms with Crippen LogP contribution < -0.4 is 5.32 Å². The van der Waals surface area contributed by atoms with Crippen molar-refractivity contribution in [2.75, 3.05) is 13.3 Å². The molecule has 0 aliphatic rings. The largest absolute Gasteiger partial charge is 0.352 e. The van der Waals surface area contributed by atoms with E-state index in [1.165, 1.54) is 7.05 Å². The van der Waals surface area contributed by atoms with Crippen molar-refractivity contribution in [2.24, 2.45) is 0 Å². The fourth-order valence-electron chi connectivity index (χ4n) is 2.18. The van der Waals surface area contributed by atoms with Crippen LogP contribution >= 0.6 is 0 Å². The van der Waals surface area contributed by atoms with Crippen molar-refractivity contribution in [3.8, 4) is 0 Å². The molecule has 1 rings (SSSR count). The summed E-state index contributed by atoms with van der Waals surface area (Å²) in [5.74, 6) is -0.296. The third kappa shape index (κ3) is 5.13. The van der Waals surface area contributed by atoms with E-state index in [4.69, 9.17) is 0 Å². The van der Waals surface area contributed by atoms with Crippen LogP contribution in [0.4, 0.5) is 0 Å². The molecule has 0 saturated carbocycles. The number of nitrogens with zero attached hydrogens (tertiary/aromatic N) is 1. The van der Waals surface area contributed by atoms with E-state index in [2.05, 4.69) is 5.32 Å². The molecule has 0 unspecified atom stereocenters. The molecule has 0 heterocycles. The lowest BCUT2D eigenvalue weighted by molar-refractivity contribution is -0.125. The van der Waals surface area contributed by atoms with E-state index in [9.17, 15) is 13.2 Å². The quantitative estimate of drug-likeness (QED) is 0.836. The third-order valence-corrected chi connectivity index (χ3v) is 4.62. The Bertz CT molecular complexity index is 558. The Morgan fingerprint density at radius 1 is 1.29 bits per heavy atom. The van der Waals surface area contributed by atoms with Gasteiger partial charge in [-0.2, -0.15) is 4.31 Å². The molecule has 0 saturated heterocycles. The summed E-state index contributed by atoms with van der Waals surface area (Å²) in [6, 6.07) is 8.11. The van der Waals surface area contributed by atoms with Crippen LogP contribution in [-0.4, -0.2) is 38.0 Å². The minimum absolute atomic E-state index is 0.0154. The number of hydrogen-bond donors (Lipinski definition) is 1. The van der Waals surface area contributed by atoms with Crippen LogP contribution in [0.1, 0.15) is 38.3 Å². The summed E-state index contributed by atoms with van der Waals surface area (Å²) in [4.78, 5) is 12.5. The molecule has 1 N–H and O–H groups in total. The van der Waals surface area contributed by atoms with Gasteiger partial charge in [0.05, 0.1) is 6.26 Å². The SMILES string of the molecule is CCC[C@H](C)NC(=O)[C@@H](c1ccccc1)N(C)S(C)(=O)=O. The Balaban J connectivity index is 3.06. The number of hydrogen-bond acceptors (Lipinski definition) is 3. The first kappa shape index (κ1) is 17.7. The molecule has 118 valence electrons. The van der Waals surface area contributed by atoms with Crippen molar-refractivity contribution in [1.82, 2.24) is 9.62 Å². The molecule has 5 nitrogen and oxygen atoms in total. The van der Waals surface area contributed by atoms with Gasteiger partial charge in [-0.25, -0.2) is 8.42 Å². The van der Waals surface area contributed by atoms with Crippen LogP contribution in [0.5, 0.6) is 0 Å². The lowest BCUT2D eigenvalue weighted by Crippen LogP contribution is -2.44. The van der Waals surface area contributed by atoms with Gasteiger partial charge < -0.3 is 5.32 Å². The molecule has 0 aliphatic heterocycles. The highest BCUT2D eigenvalue weighted by Gasteiger charge is 2.31.